The molecule has 0 aliphatic carbocycles. The predicted molar refractivity (Wildman–Crippen MR) is 84.0 cm³/mol. The fourth-order valence-electron chi connectivity index (χ4n) is 3.19. The Labute approximate surface area is 131 Å². The van der Waals surface area contributed by atoms with Crippen LogP contribution in [0, 0.1) is 0 Å². The third kappa shape index (κ3) is 3.82. The largest absolute Gasteiger partial charge is 0.368 e. The Kier molecular flexibility index (Phi) is 5.49. The summed E-state index contributed by atoms with van der Waals surface area (Å²) in [5.74, 6) is -0.600. The molecule has 3 N–H and O–H groups in total. The number of aromatic nitrogens is 1. The van der Waals surface area contributed by atoms with Crippen LogP contribution in [0.1, 0.15) is 31.2 Å². The number of likely N-dealkylation sites (tertiary alicyclic amines) is 1. The van der Waals surface area contributed by atoms with Crippen molar-refractivity contribution in [2.75, 3.05) is 20.1 Å². The van der Waals surface area contributed by atoms with E-state index in [1.165, 1.54) is 5.56 Å². The first-order valence-corrected chi connectivity index (χ1v) is 7.71. The highest BCUT2D eigenvalue weighted by Gasteiger charge is 2.44. The van der Waals surface area contributed by atoms with E-state index in [1.807, 2.05) is 25.4 Å². The SMILES string of the molecule is CN1CCC[C@]1(CCCc1cccnc1)C(=O)NCC(N)=O. The molecule has 1 atom stereocenters. The molecule has 2 amide bonds. The number of carbonyl (C=O) groups excluding carboxylic acids is 2. The summed E-state index contributed by atoms with van der Waals surface area (Å²) in [6, 6.07) is 3.97. The normalized spacial score (nSPS) is 21.7. The average Bonchev–Trinajstić information content (AvgIpc) is 2.88. The van der Waals surface area contributed by atoms with Crippen molar-refractivity contribution in [3.8, 4) is 0 Å². The molecule has 0 saturated carbocycles. The molecule has 6 nitrogen and oxygen atoms in total. The lowest BCUT2D eigenvalue weighted by Gasteiger charge is -2.34. The molecular formula is C16H24N4O2. The summed E-state index contributed by atoms with van der Waals surface area (Å²) >= 11 is 0. The lowest BCUT2D eigenvalue weighted by atomic mass is 9.88. The van der Waals surface area contributed by atoms with Crippen LogP contribution in [-0.2, 0) is 16.0 Å². The molecule has 1 aliphatic heterocycles. The van der Waals surface area contributed by atoms with Crippen molar-refractivity contribution in [3.05, 3.63) is 30.1 Å². The van der Waals surface area contributed by atoms with Gasteiger partial charge >= 0.3 is 0 Å². The number of hydrogen-bond donors (Lipinski definition) is 2. The highest BCUT2D eigenvalue weighted by atomic mass is 16.2. The molecule has 120 valence electrons. The second-order valence-electron chi connectivity index (χ2n) is 5.92. The zero-order valence-corrected chi connectivity index (χ0v) is 13.0. The van der Waals surface area contributed by atoms with Crippen LogP contribution in [-0.4, -0.2) is 47.4 Å². The summed E-state index contributed by atoms with van der Waals surface area (Å²) < 4.78 is 0. The minimum atomic E-state index is -0.516. The smallest absolute Gasteiger partial charge is 0.240 e. The monoisotopic (exact) mass is 304 g/mol. The molecule has 1 aliphatic rings. The number of amides is 2. The molecule has 2 heterocycles. The average molecular weight is 304 g/mol. The minimum absolute atomic E-state index is 0.0857. The van der Waals surface area contributed by atoms with Crippen molar-refractivity contribution in [1.82, 2.24) is 15.2 Å². The maximum atomic E-state index is 12.6. The fourth-order valence-corrected chi connectivity index (χ4v) is 3.19. The molecule has 1 fully saturated rings. The Morgan fingerprint density at radius 1 is 1.50 bits per heavy atom. The van der Waals surface area contributed by atoms with Crippen LogP contribution >= 0.6 is 0 Å². The number of nitrogens with one attached hydrogen (secondary N) is 1. The summed E-state index contributed by atoms with van der Waals surface area (Å²) in [5, 5.41) is 2.68. The standard InChI is InChI=1S/C16H24N4O2/c1-20-10-4-8-16(20,15(22)19-12-14(17)21)7-2-5-13-6-3-9-18-11-13/h3,6,9,11H,2,4-5,7-8,10,12H2,1H3,(H2,17,21)(H,19,22)/t16-/m1/s1. The molecule has 0 radical (unpaired) electrons. The molecule has 0 bridgehead atoms. The summed E-state index contributed by atoms with van der Waals surface area (Å²) in [6.07, 6.45) is 8.00. The molecule has 6 heteroatoms. The van der Waals surface area contributed by atoms with Gasteiger partial charge in [-0.3, -0.25) is 19.5 Å². The summed E-state index contributed by atoms with van der Waals surface area (Å²) in [6.45, 7) is 0.800. The van der Waals surface area contributed by atoms with Crippen molar-refractivity contribution in [3.63, 3.8) is 0 Å². The van der Waals surface area contributed by atoms with Gasteiger partial charge in [0, 0.05) is 12.4 Å². The Balaban J connectivity index is 1.97. The Morgan fingerprint density at radius 3 is 2.91 bits per heavy atom. The predicted octanol–water partition coefficient (Wildman–Crippen LogP) is 0.470. The van der Waals surface area contributed by atoms with Crippen LogP contribution in [0.2, 0.25) is 0 Å². The molecule has 22 heavy (non-hydrogen) atoms. The van der Waals surface area contributed by atoms with Crippen molar-refractivity contribution >= 4 is 11.8 Å². The molecule has 0 spiro atoms. The van der Waals surface area contributed by atoms with Crippen LogP contribution in [0.15, 0.2) is 24.5 Å². The summed E-state index contributed by atoms with van der Waals surface area (Å²) in [4.78, 5) is 29.7. The molecule has 0 unspecified atom stereocenters. The van der Waals surface area contributed by atoms with Crippen LogP contribution in [0.4, 0.5) is 0 Å². The topological polar surface area (TPSA) is 88.3 Å². The van der Waals surface area contributed by atoms with Gasteiger partial charge in [-0.25, -0.2) is 0 Å². The maximum absolute atomic E-state index is 12.6. The number of pyridine rings is 1. The number of hydrogen-bond acceptors (Lipinski definition) is 4. The summed E-state index contributed by atoms with van der Waals surface area (Å²) in [7, 11) is 1.97. The lowest BCUT2D eigenvalue weighted by Crippen LogP contribution is -2.55. The van der Waals surface area contributed by atoms with Gasteiger partial charge in [0.05, 0.1) is 6.54 Å². The molecule has 1 aromatic rings. The van der Waals surface area contributed by atoms with Gasteiger partial charge in [0.1, 0.15) is 5.54 Å². The van der Waals surface area contributed by atoms with Gasteiger partial charge in [0.15, 0.2) is 0 Å². The van der Waals surface area contributed by atoms with Crippen molar-refractivity contribution in [1.29, 1.82) is 0 Å². The van der Waals surface area contributed by atoms with Gasteiger partial charge in [-0.1, -0.05) is 6.07 Å². The van der Waals surface area contributed by atoms with Crippen LogP contribution in [0.3, 0.4) is 0 Å². The van der Waals surface area contributed by atoms with Crippen LogP contribution < -0.4 is 11.1 Å². The third-order valence-electron chi connectivity index (χ3n) is 4.44. The van der Waals surface area contributed by atoms with E-state index < -0.39 is 11.4 Å². The van der Waals surface area contributed by atoms with E-state index in [-0.39, 0.29) is 12.5 Å². The van der Waals surface area contributed by atoms with Crippen LogP contribution in [0.25, 0.3) is 0 Å². The highest BCUT2D eigenvalue weighted by molar-refractivity contribution is 5.90. The first-order chi connectivity index (χ1) is 10.5. The van der Waals surface area contributed by atoms with E-state index in [0.29, 0.717) is 0 Å². The van der Waals surface area contributed by atoms with E-state index in [2.05, 4.69) is 15.2 Å². The summed E-state index contributed by atoms with van der Waals surface area (Å²) in [5.41, 5.74) is 5.78. The van der Waals surface area contributed by atoms with E-state index in [1.54, 1.807) is 6.20 Å². The van der Waals surface area contributed by atoms with Gasteiger partial charge < -0.3 is 11.1 Å². The van der Waals surface area contributed by atoms with Crippen LogP contribution in [0.5, 0.6) is 0 Å². The third-order valence-corrected chi connectivity index (χ3v) is 4.44. The molecule has 1 saturated heterocycles. The number of nitrogens with two attached hydrogens (primary N) is 1. The zero-order chi connectivity index (χ0) is 16.0. The maximum Gasteiger partial charge on any atom is 0.240 e. The first-order valence-electron chi connectivity index (χ1n) is 7.71. The number of nitrogens with zero attached hydrogens (tertiary/aromatic N) is 2. The van der Waals surface area contributed by atoms with E-state index in [4.69, 9.17) is 5.73 Å². The molecule has 0 aromatic carbocycles. The number of aryl methyl sites for hydroxylation is 1. The van der Waals surface area contributed by atoms with Gasteiger partial charge in [-0.15, -0.1) is 0 Å². The minimum Gasteiger partial charge on any atom is -0.368 e. The van der Waals surface area contributed by atoms with E-state index in [0.717, 1.165) is 38.6 Å². The number of rotatable bonds is 7. The Hall–Kier alpha value is -1.95. The number of likely N-dealkylation sites (N-methyl/N-ethyl adjacent to an activating group) is 1. The Bertz CT molecular complexity index is 520. The first kappa shape index (κ1) is 16.4. The second kappa shape index (κ2) is 7.35. The van der Waals surface area contributed by atoms with E-state index in [9.17, 15) is 9.59 Å². The Morgan fingerprint density at radius 2 is 2.32 bits per heavy atom. The number of primary amides is 1. The van der Waals surface area contributed by atoms with Crippen molar-refractivity contribution < 1.29 is 9.59 Å². The van der Waals surface area contributed by atoms with Gasteiger partial charge in [0.2, 0.25) is 11.8 Å². The van der Waals surface area contributed by atoms with Crippen molar-refractivity contribution in [2.45, 2.75) is 37.6 Å². The second-order valence-corrected chi connectivity index (χ2v) is 5.92. The van der Waals surface area contributed by atoms with Crippen molar-refractivity contribution in [2.24, 2.45) is 5.73 Å². The van der Waals surface area contributed by atoms with E-state index >= 15 is 0 Å². The molecular weight excluding hydrogens is 280 g/mol. The fraction of sp³-hybridized carbons (Fsp3) is 0.562. The van der Waals surface area contributed by atoms with Gasteiger partial charge in [0.25, 0.3) is 0 Å². The number of carbonyl (C=O) groups is 2. The lowest BCUT2D eigenvalue weighted by molar-refractivity contribution is -0.133. The van der Waals surface area contributed by atoms with Gasteiger partial charge in [-0.2, -0.15) is 0 Å². The zero-order valence-electron chi connectivity index (χ0n) is 13.0. The van der Waals surface area contributed by atoms with Gasteiger partial charge in [-0.05, 0) is 57.3 Å². The highest BCUT2D eigenvalue weighted by Crippen LogP contribution is 2.33. The molecule has 2 rings (SSSR count). The quantitative estimate of drug-likeness (QED) is 0.766. The molecule has 1 aromatic heterocycles.